The predicted molar refractivity (Wildman–Crippen MR) is 175 cm³/mol. The first-order chi connectivity index (χ1) is 18.2. The highest BCUT2D eigenvalue weighted by molar-refractivity contribution is 5.48. The van der Waals surface area contributed by atoms with Crippen LogP contribution in [0.15, 0.2) is 106 Å². The first-order valence-electron chi connectivity index (χ1n) is 15.3. The molecule has 1 unspecified atom stereocenters. The zero-order chi connectivity index (χ0) is 29.5. The third kappa shape index (κ3) is 8.00. The zero-order valence-corrected chi connectivity index (χ0v) is 27.0. The van der Waals surface area contributed by atoms with Crippen molar-refractivity contribution in [2.24, 2.45) is 16.7 Å². The van der Waals surface area contributed by atoms with Crippen molar-refractivity contribution in [3.63, 3.8) is 0 Å². The van der Waals surface area contributed by atoms with Crippen molar-refractivity contribution in [3.05, 3.63) is 106 Å². The van der Waals surface area contributed by atoms with Crippen LogP contribution in [-0.2, 0) is 0 Å². The molecule has 0 aromatic heterocycles. The molecule has 0 amide bonds. The Kier molecular flexibility index (Phi) is 11.5. The lowest BCUT2D eigenvalue weighted by Gasteiger charge is -2.25. The van der Waals surface area contributed by atoms with Gasteiger partial charge in [-0.2, -0.15) is 0 Å². The van der Waals surface area contributed by atoms with E-state index in [4.69, 9.17) is 0 Å². The van der Waals surface area contributed by atoms with Crippen LogP contribution in [-0.4, -0.2) is 0 Å². The summed E-state index contributed by atoms with van der Waals surface area (Å²) in [6.45, 7) is 36.1. The van der Waals surface area contributed by atoms with Crippen molar-refractivity contribution in [2.45, 2.75) is 114 Å². The van der Waals surface area contributed by atoms with Gasteiger partial charge in [0.1, 0.15) is 0 Å². The molecule has 2 aliphatic carbocycles. The lowest BCUT2D eigenvalue weighted by atomic mass is 9.79. The first-order valence-corrected chi connectivity index (χ1v) is 15.3. The summed E-state index contributed by atoms with van der Waals surface area (Å²) in [5, 5.41) is 3.67. The molecule has 0 bridgehead atoms. The fraction of sp³-hybridized carbons (Fsp3) is 0.526. The summed E-state index contributed by atoms with van der Waals surface area (Å²) in [6.07, 6.45) is 18.5. The number of nitrogens with one attached hydrogen (secondary N) is 1. The average molecular weight is 528 g/mol. The molecule has 0 spiro atoms. The van der Waals surface area contributed by atoms with Gasteiger partial charge in [-0.1, -0.05) is 129 Å². The van der Waals surface area contributed by atoms with Gasteiger partial charge in [0.2, 0.25) is 0 Å². The molecular formula is C38H57N. The van der Waals surface area contributed by atoms with Gasteiger partial charge < -0.3 is 5.32 Å². The minimum atomic E-state index is 0.240. The molecule has 0 heterocycles. The van der Waals surface area contributed by atoms with Crippen LogP contribution < -0.4 is 5.32 Å². The number of hydrogen-bond donors (Lipinski definition) is 1. The Labute approximate surface area is 242 Å². The van der Waals surface area contributed by atoms with Gasteiger partial charge in [0.05, 0.1) is 0 Å². The summed E-state index contributed by atoms with van der Waals surface area (Å²) in [4.78, 5) is 0. The molecule has 0 saturated carbocycles. The third-order valence-electron chi connectivity index (χ3n) is 8.94. The predicted octanol–water partition coefficient (Wildman–Crippen LogP) is 11.6. The summed E-state index contributed by atoms with van der Waals surface area (Å²) in [5.74, 6) is 0.508. The highest BCUT2D eigenvalue weighted by Gasteiger charge is 2.42. The largest absolute Gasteiger partial charge is 0.355 e. The minimum absolute atomic E-state index is 0.240. The standard InChI is InChI=1S/C38H57N/c1-14-26(6)36(32(17-4)23-30(15-2)16-3)39-29(9)33-20-19-31(24-33)21-27(7)28(8)22-35-34(18-5)37(10,11)25-38(35,12)13/h15,19-20,22-23,27,39H,2,6,9,14,16-18,21,24-25H2,1,3-5,7-8,10-13H3/b28-22-,30-23+,36-32+. The number of rotatable bonds is 14. The van der Waals surface area contributed by atoms with E-state index in [1.807, 2.05) is 6.08 Å². The Morgan fingerprint density at radius 1 is 1.00 bits per heavy atom. The van der Waals surface area contributed by atoms with E-state index in [2.05, 4.69) is 119 Å². The quantitative estimate of drug-likeness (QED) is 0.221. The Morgan fingerprint density at radius 2 is 1.67 bits per heavy atom. The van der Waals surface area contributed by atoms with Gasteiger partial charge in [-0.25, -0.2) is 0 Å². The molecule has 0 fully saturated rings. The molecule has 0 saturated heterocycles. The lowest BCUT2D eigenvalue weighted by molar-refractivity contribution is 0.316. The number of allylic oxidation sites excluding steroid dienone is 13. The molecule has 0 aromatic carbocycles. The van der Waals surface area contributed by atoms with Gasteiger partial charge in [0.25, 0.3) is 0 Å². The van der Waals surface area contributed by atoms with E-state index >= 15 is 0 Å². The van der Waals surface area contributed by atoms with Crippen LogP contribution in [0, 0.1) is 16.7 Å². The summed E-state index contributed by atoms with van der Waals surface area (Å²) in [6, 6.07) is 0. The Morgan fingerprint density at radius 3 is 2.21 bits per heavy atom. The maximum Gasteiger partial charge on any atom is 0.0443 e. The van der Waals surface area contributed by atoms with E-state index in [1.54, 1.807) is 11.1 Å². The minimum Gasteiger partial charge on any atom is -0.355 e. The first kappa shape index (κ1) is 32.7. The van der Waals surface area contributed by atoms with Crippen LogP contribution >= 0.6 is 0 Å². The molecule has 1 N–H and O–H groups in total. The molecule has 2 aliphatic rings. The zero-order valence-electron chi connectivity index (χ0n) is 27.0. The second-order valence-electron chi connectivity index (χ2n) is 13.0. The Bertz CT molecular complexity index is 1150. The molecule has 1 atom stereocenters. The fourth-order valence-electron chi connectivity index (χ4n) is 6.57. The van der Waals surface area contributed by atoms with Crippen LogP contribution in [0.5, 0.6) is 0 Å². The van der Waals surface area contributed by atoms with Crippen molar-refractivity contribution in [1.82, 2.24) is 5.32 Å². The summed E-state index contributed by atoms with van der Waals surface area (Å²) in [7, 11) is 0. The molecule has 1 nitrogen and oxygen atoms in total. The van der Waals surface area contributed by atoms with E-state index in [0.717, 1.165) is 55.5 Å². The molecule has 39 heavy (non-hydrogen) atoms. The maximum absolute atomic E-state index is 4.45. The van der Waals surface area contributed by atoms with Crippen molar-refractivity contribution in [3.8, 4) is 0 Å². The summed E-state index contributed by atoms with van der Waals surface area (Å²) in [5.41, 5.74) is 13.7. The normalized spacial score (nSPS) is 20.4. The lowest BCUT2D eigenvalue weighted by Crippen LogP contribution is -2.17. The van der Waals surface area contributed by atoms with Gasteiger partial charge in [-0.15, -0.1) is 0 Å². The second-order valence-corrected chi connectivity index (χ2v) is 13.0. The monoisotopic (exact) mass is 527 g/mol. The van der Waals surface area contributed by atoms with Gasteiger partial charge in [0, 0.05) is 11.4 Å². The summed E-state index contributed by atoms with van der Waals surface area (Å²) < 4.78 is 0. The van der Waals surface area contributed by atoms with E-state index < -0.39 is 0 Å². The van der Waals surface area contributed by atoms with E-state index in [-0.39, 0.29) is 5.41 Å². The maximum atomic E-state index is 4.45. The van der Waals surface area contributed by atoms with E-state index in [0.29, 0.717) is 11.3 Å². The molecule has 0 aromatic rings. The highest BCUT2D eigenvalue weighted by atomic mass is 14.9. The molecular weight excluding hydrogens is 470 g/mol. The molecule has 0 radical (unpaired) electrons. The van der Waals surface area contributed by atoms with E-state index in [9.17, 15) is 0 Å². The SMILES string of the molecule is C=C/C(=C\C(CC)=C(\NC(=C)C1=CC=C(CC(C)/C(C)=C\C2=C(CC)C(C)(C)CC2(C)C)C1)C(=C)CC)CC. The third-order valence-corrected chi connectivity index (χ3v) is 8.94. The smallest absolute Gasteiger partial charge is 0.0443 e. The van der Waals surface area contributed by atoms with Crippen LogP contribution in [0.3, 0.4) is 0 Å². The van der Waals surface area contributed by atoms with Gasteiger partial charge in [-0.05, 0) is 96.5 Å². The topological polar surface area (TPSA) is 12.0 Å². The van der Waals surface area contributed by atoms with Crippen LogP contribution in [0.1, 0.15) is 114 Å². The molecule has 0 aliphatic heterocycles. The molecule has 2 rings (SSSR count). The van der Waals surface area contributed by atoms with Crippen LogP contribution in [0.2, 0.25) is 0 Å². The van der Waals surface area contributed by atoms with Crippen molar-refractivity contribution in [1.29, 1.82) is 0 Å². The Hall–Kier alpha value is -2.54. The highest BCUT2D eigenvalue weighted by Crippen LogP contribution is 2.54. The van der Waals surface area contributed by atoms with Gasteiger partial charge in [-0.3, -0.25) is 0 Å². The molecule has 214 valence electrons. The summed E-state index contributed by atoms with van der Waals surface area (Å²) >= 11 is 0. The van der Waals surface area contributed by atoms with Crippen LogP contribution in [0.25, 0.3) is 0 Å². The number of hydrogen-bond acceptors (Lipinski definition) is 1. The van der Waals surface area contributed by atoms with E-state index in [1.165, 1.54) is 34.3 Å². The second kappa shape index (κ2) is 13.7. The fourth-order valence-corrected chi connectivity index (χ4v) is 6.57. The Balaban J connectivity index is 2.16. The van der Waals surface area contributed by atoms with Gasteiger partial charge >= 0.3 is 0 Å². The average Bonchev–Trinajstić information content (AvgIpc) is 3.41. The van der Waals surface area contributed by atoms with Crippen molar-refractivity contribution < 1.29 is 0 Å². The van der Waals surface area contributed by atoms with Crippen molar-refractivity contribution in [2.75, 3.05) is 0 Å². The van der Waals surface area contributed by atoms with Crippen molar-refractivity contribution >= 4 is 0 Å². The molecule has 1 heteroatoms. The van der Waals surface area contributed by atoms with Crippen LogP contribution in [0.4, 0.5) is 0 Å². The van der Waals surface area contributed by atoms with Gasteiger partial charge in [0.15, 0.2) is 0 Å².